The molecule has 27 heavy (non-hydrogen) atoms. The molecule has 0 unspecified atom stereocenters. The Morgan fingerprint density at radius 1 is 1.04 bits per heavy atom. The van der Waals surface area contributed by atoms with Crippen LogP contribution >= 0.6 is 31.9 Å². The number of aromatic nitrogens is 1. The molecule has 1 amide bonds. The number of carbonyl (C=O) groups excluding carboxylic acids is 1. The summed E-state index contributed by atoms with van der Waals surface area (Å²) in [7, 11) is 0. The summed E-state index contributed by atoms with van der Waals surface area (Å²) >= 11 is 6.85. The van der Waals surface area contributed by atoms with Crippen molar-refractivity contribution in [2.75, 3.05) is 0 Å². The Labute approximate surface area is 175 Å². The molecule has 0 fully saturated rings. The van der Waals surface area contributed by atoms with Crippen LogP contribution in [0.4, 0.5) is 0 Å². The molecule has 0 bridgehead atoms. The van der Waals surface area contributed by atoms with E-state index in [1.165, 1.54) is 0 Å². The topological polar surface area (TPSA) is 46.4 Å². The normalized spacial score (nSPS) is 11.1. The van der Waals surface area contributed by atoms with Crippen molar-refractivity contribution in [2.24, 2.45) is 5.10 Å². The van der Waals surface area contributed by atoms with E-state index in [2.05, 4.69) is 72.1 Å². The van der Waals surface area contributed by atoms with Crippen molar-refractivity contribution in [3.63, 3.8) is 0 Å². The number of rotatable bonds is 5. The molecular formula is C21H19Br2N3O. The van der Waals surface area contributed by atoms with Crippen molar-refractivity contribution < 1.29 is 4.79 Å². The molecule has 0 aliphatic heterocycles. The zero-order valence-corrected chi connectivity index (χ0v) is 18.2. The third-order valence-electron chi connectivity index (χ3n) is 4.23. The highest BCUT2D eigenvalue weighted by atomic mass is 79.9. The molecule has 1 aromatic heterocycles. The maximum atomic E-state index is 12.1. The number of hydrogen-bond acceptors (Lipinski definition) is 2. The Morgan fingerprint density at radius 3 is 2.26 bits per heavy atom. The number of hydrogen-bond donors (Lipinski definition) is 1. The largest absolute Gasteiger partial charge is 0.318 e. The first-order valence-electron chi connectivity index (χ1n) is 8.45. The molecule has 0 aliphatic rings. The predicted octanol–water partition coefficient (Wildman–Crippen LogP) is 5.31. The SMILES string of the molecule is Cc1cc(/C=N\NC(=O)Cc2ccc(Br)cc2)c(C)n1-c1ccc(Br)cc1. The molecule has 0 saturated carbocycles. The maximum absolute atomic E-state index is 12.1. The van der Waals surface area contributed by atoms with Gasteiger partial charge in [0, 0.05) is 31.6 Å². The van der Waals surface area contributed by atoms with Crippen LogP contribution in [0, 0.1) is 13.8 Å². The predicted molar refractivity (Wildman–Crippen MR) is 117 cm³/mol. The van der Waals surface area contributed by atoms with E-state index >= 15 is 0 Å². The Morgan fingerprint density at radius 2 is 1.63 bits per heavy atom. The summed E-state index contributed by atoms with van der Waals surface area (Å²) < 4.78 is 4.20. The van der Waals surface area contributed by atoms with Gasteiger partial charge in [-0.2, -0.15) is 5.10 Å². The van der Waals surface area contributed by atoms with Crippen LogP contribution in [-0.2, 0) is 11.2 Å². The van der Waals surface area contributed by atoms with E-state index in [0.29, 0.717) is 6.42 Å². The minimum atomic E-state index is -0.143. The Kier molecular flexibility index (Phi) is 6.29. The molecule has 138 valence electrons. The molecule has 3 rings (SSSR count). The lowest BCUT2D eigenvalue weighted by molar-refractivity contribution is -0.120. The van der Waals surface area contributed by atoms with E-state index in [1.54, 1.807) is 6.21 Å². The van der Waals surface area contributed by atoms with Gasteiger partial charge in [0.15, 0.2) is 0 Å². The smallest absolute Gasteiger partial charge is 0.244 e. The number of hydrazone groups is 1. The van der Waals surface area contributed by atoms with Crippen molar-refractivity contribution >= 4 is 44.0 Å². The molecule has 0 atom stereocenters. The van der Waals surface area contributed by atoms with Gasteiger partial charge < -0.3 is 4.57 Å². The second-order valence-corrected chi connectivity index (χ2v) is 8.07. The monoisotopic (exact) mass is 487 g/mol. The molecule has 2 aromatic carbocycles. The molecule has 0 aliphatic carbocycles. The number of nitrogens with one attached hydrogen (secondary N) is 1. The fraction of sp³-hybridized carbons (Fsp3) is 0.143. The first-order valence-corrected chi connectivity index (χ1v) is 10.0. The highest BCUT2D eigenvalue weighted by Crippen LogP contribution is 2.21. The zero-order valence-electron chi connectivity index (χ0n) is 15.0. The number of amides is 1. The fourth-order valence-corrected chi connectivity index (χ4v) is 3.44. The van der Waals surface area contributed by atoms with E-state index < -0.39 is 0 Å². The molecule has 1 heterocycles. The van der Waals surface area contributed by atoms with Crippen LogP contribution in [0.1, 0.15) is 22.5 Å². The first-order chi connectivity index (χ1) is 12.9. The van der Waals surface area contributed by atoms with Crippen molar-refractivity contribution in [1.82, 2.24) is 9.99 Å². The Hall–Kier alpha value is -2.18. The van der Waals surface area contributed by atoms with Gasteiger partial charge in [0.1, 0.15) is 0 Å². The minimum Gasteiger partial charge on any atom is -0.318 e. The summed E-state index contributed by atoms with van der Waals surface area (Å²) in [5, 5.41) is 4.12. The van der Waals surface area contributed by atoms with E-state index in [9.17, 15) is 4.79 Å². The van der Waals surface area contributed by atoms with Gasteiger partial charge in [-0.1, -0.05) is 44.0 Å². The van der Waals surface area contributed by atoms with Gasteiger partial charge in [-0.15, -0.1) is 0 Å². The van der Waals surface area contributed by atoms with Gasteiger partial charge >= 0.3 is 0 Å². The fourth-order valence-electron chi connectivity index (χ4n) is 2.91. The van der Waals surface area contributed by atoms with Crippen LogP contribution in [-0.4, -0.2) is 16.7 Å². The molecular weight excluding hydrogens is 470 g/mol. The maximum Gasteiger partial charge on any atom is 0.244 e. The third-order valence-corrected chi connectivity index (χ3v) is 5.28. The number of nitrogens with zero attached hydrogens (tertiary/aromatic N) is 2. The van der Waals surface area contributed by atoms with Crippen LogP contribution in [0.5, 0.6) is 0 Å². The Balaban J connectivity index is 1.68. The van der Waals surface area contributed by atoms with Crippen LogP contribution in [0.25, 0.3) is 5.69 Å². The molecule has 0 spiro atoms. The van der Waals surface area contributed by atoms with Gasteiger partial charge in [-0.05, 0) is 61.9 Å². The van der Waals surface area contributed by atoms with Crippen LogP contribution < -0.4 is 5.43 Å². The molecule has 0 radical (unpaired) electrons. The summed E-state index contributed by atoms with van der Waals surface area (Å²) in [4.78, 5) is 12.1. The molecule has 1 N–H and O–H groups in total. The number of carbonyl (C=O) groups is 1. The summed E-state index contributed by atoms with van der Waals surface area (Å²) in [6.45, 7) is 4.10. The molecule has 6 heteroatoms. The lowest BCUT2D eigenvalue weighted by atomic mass is 10.1. The second-order valence-electron chi connectivity index (χ2n) is 6.23. The first kappa shape index (κ1) is 19.6. The van der Waals surface area contributed by atoms with Crippen molar-refractivity contribution in [2.45, 2.75) is 20.3 Å². The molecule has 3 aromatic rings. The number of halogens is 2. The van der Waals surface area contributed by atoms with Gasteiger partial charge in [-0.25, -0.2) is 5.43 Å². The minimum absolute atomic E-state index is 0.143. The summed E-state index contributed by atoms with van der Waals surface area (Å²) in [6, 6.07) is 17.9. The van der Waals surface area contributed by atoms with Crippen molar-refractivity contribution in [1.29, 1.82) is 0 Å². The highest BCUT2D eigenvalue weighted by molar-refractivity contribution is 9.10. The zero-order chi connectivity index (χ0) is 19.4. The molecule has 0 saturated heterocycles. The number of aryl methyl sites for hydroxylation is 1. The van der Waals surface area contributed by atoms with E-state index in [1.807, 2.05) is 43.3 Å². The van der Waals surface area contributed by atoms with Crippen LogP contribution in [0.15, 0.2) is 68.6 Å². The summed E-state index contributed by atoms with van der Waals surface area (Å²) in [5.41, 5.74) is 7.79. The highest BCUT2D eigenvalue weighted by Gasteiger charge is 2.09. The van der Waals surface area contributed by atoms with Gasteiger partial charge in [0.25, 0.3) is 0 Å². The van der Waals surface area contributed by atoms with Gasteiger partial charge in [-0.3, -0.25) is 4.79 Å². The lowest BCUT2D eigenvalue weighted by Gasteiger charge is -2.09. The average molecular weight is 489 g/mol. The van der Waals surface area contributed by atoms with Gasteiger partial charge in [0.2, 0.25) is 5.91 Å². The third kappa shape index (κ3) is 4.96. The Bertz CT molecular complexity index is 974. The quantitative estimate of drug-likeness (QED) is 0.383. The average Bonchev–Trinajstić information content (AvgIpc) is 2.92. The van der Waals surface area contributed by atoms with E-state index in [4.69, 9.17) is 0 Å². The summed E-state index contributed by atoms with van der Waals surface area (Å²) in [6.07, 6.45) is 1.99. The lowest BCUT2D eigenvalue weighted by Crippen LogP contribution is -2.19. The van der Waals surface area contributed by atoms with Gasteiger partial charge in [0.05, 0.1) is 12.6 Å². The van der Waals surface area contributed by atoms with Crippen molar-refractivity contribution in [3.05, 3.63) is 86.1 Å². The summed E-state index contributed by atoms with van der Waals surface area (Å²) in [5.74, 6) is -0.143. The second kappa shape index (κ2) is 8.67. The number of benzene rings is 2. The standard InChI is InChI=1S/C21H19Br2N3O/c1-14-11-17(15(2)26(14)20-9-7-19(23)8-10-20)13-24-25-21(27)12-16-3-5-18(22)6-4-16/h3-11,13H,12H2,1-2H3,(H,25,27)/b24-13-. The molecule has 4 nitrogen and oxygen atoms in total. The van der Waals surface area contributed by atoms with Crippen LogP contribution in [0.2, 0.25) is 0 Å². The van der Waals surface area contributed by atoms with Crippen LogP contribution in [0.3, 0.4) is 0 Å². The van der Waals surface area contributed by atoms with Crippen molar-refractivity contribution in [3.8, 4) is 5.69 Å². The van der Waals surface area contributed by atoms with E-state index in [0.717, 1.165) is 37.1 Å². The van der Waals surface area contributed by atoms with E-state index in [-0.39, 0.29) is 5.91 Å².